The first-order valence-electron chi connectivity index (χ1n) is 7.17. The highest BCUT2D eigenvalue weighted by Gasteiger charge is 2.13. The Morgan fingerprint density at radius 3 is 2.81 bits per heavy atom. The molecule has 1 amide bonds. The molecule has 0 aliphatic rings. The molecule has 1 heterocycles. The fraction of sp³-hybridized carbons (Fsp3) is 0.375. The fourth-order valence-corrected chi connectivity index (χ4v) is 2.78. The van der Waals surface area contributed by atoms with Crippen LogP contribution >= 0.6 is 11.3 Å². The minimum absolute atomic E-state index is 0.325. The van der Waals surface area contributed by atoms with Gasteiger partial charge in [-0.05, 0) is 37.5 Å². The fourth-order valence-electron chi connectivity index (χ4n) is 2.11. The van der Waals surface area contributed by atoms with Crippen molar-refractivity contribution in [3.63, 3.8) is 0 Å². The molecule has 0 radical (unpaired) electrons. The summed E-state index contributed by atoms with van der Waals surface area (Å²) in [6.45, 7) is 4.72. The van der Waals surface area contributed by atoms with E-state index in [0.29, 0.717) is 11.6 Å². The Morgan fingerprint density at radius 1 is 1.38 bits per heavy atom. The van der Waals surface area contributed by atoms with Crippen molar-refractivity contribution in [2.45, 2.75) is 33.1 Å². The Morgan fingerprint density at radius 2 is 2.19 bits per heavy atom. The van der Waals surface area contributed by atoms with Gasteiger partial charge in [0.1, 0.15) is 5.75 Å². The van der Waals surface area contributed by atoms with Crippen molar-refractivity contribution >= 4 is 17.2 Å². The van der Waals surface area contributed by atoms with Crippen LogP contribution in [0.15, 0.2) is 23.6 Å². The van der Waals surface area contributed by atoms with Crippen molar-refractivity contribution in [1.82, 2.24) is 4.98 Å². The number of aromatic nitrogens is 1. The van der Waals surface area contributed by atoms with Gasteiger partial charge >= 0.3 is 0 Å². The molecule has 0 saturated carbocycles. The highest BCUT2D eigenvalue weighted by Crippen LogP contribution is 2.32. The molecule has 0 atom stereocenters. The largest absolute Gasteiger partial charge is 0.493 e. The smallest absolute Gasteiger partial charge is 0.277 e. The zero-order valence-corrected chi connectivity index (χ0v) is 13.2. The number of nitrogens with zero attached hydrogens (tertiary/aromatic N) is 1. The lowest BCUT2D eigenvalue weighted by molar-refractivity contribution is 0.1000. The number of hydrogen-bond acceptors (Lipinski definition) is 4. The summed E-state index contributed by atoms with van der Waals surface area (Å²) in [4.78, 5) is 15.5. The summed E-state index contributed by atoms with van der Waals surface area (Å²) in [6.07, 6.45) is 3.34. The van der Waals surface area contributed by atoms with Crippen LogP contribution in [0.1, 0.15) is 42.1 Å². The summed E-state index contributed by atoms with van der Waals surface area (Å²) in [5, 5.41) is 2.17. The number of primary amides is 1. The van der Waals surface area contributed by atoms with Crippen molar-refractivity contribution in [3.05, 3.63) is 34.2 Å². The SMILES string of the molecule is CCCCc1ccc(OCC)c(-c2csc(C(N)=O)n2)c1. The van der Waals surface area contributed by atoms with Gasteiger partial charge in [-0.25, -0.2) is 4.98 Å². The van der Waals surface area contributed by atoms with E-state index in [9.17, 15) is 4.79 Å². The number of ether oxygens (including phenoxy) is 1. The van der Waals surface area contributed by atoms with E-state index in [0.717, 1.165) is 36.3 Å². The summed E-state index contributed by atoms with van der Waals surface area (Å²) in [5.74, 6) is 0.297. The van der Waals surface area contributed by atoms with Gasteiger partial charge in [-0.3, -0.25) is 4.79 Å². The number of amides is 1. The monoisotopic (exact) mass is 304 g/mol. The van der Waals surface area contributed by atoms with Crippen molar-refractivity contribution < 1.29 is 9.53 Å². The minimum atomic E-state index is -0.494. The number of hydrogen-bond donors (Lipinski definition) is 1. The third kappa shape index (κ3) is 3.82. The lowest BCUT2D eigenvalue weighted by Gasteiger charge is -2.10. The van der Waals surface area contributed by atoms with Crippen LogP contribution in [0.3, 0.4) is 0 Å². The molecule has 112 valence electrons. The first-order chi connectivity index (χ1) is 10.2. The predicted molar refractivity (Wildman–Crippen MR) is 85.8 cm³/mol. The van der Waals surface area contributed by atoms with Gasteiger partial charge in [0, 0.05) is 10.9 Å². The quantitative estimate of drug-likeness (QED) is 0.849. The molecule has 0 unspecified atom stereocenters. The van der Waals surface area contributed by atoms with Gasteiger partial charge in [-0.1, -0.05) is 19.4 Å². The Hall–Kier alpha value is -1.88. The van der Waals surface area contributed by atoms with Crippen molar-refractivity contribution in [2.75, 3.05) is 6.61 Å². The molecule has 0 aliphatic heterocycles. The zero-order chi connectivity index (χ0) is 15.2. The third-order valence-electron chi connectivity index (χ3n) is 3.15. The molecule has 0 spiro atoms. The minimum Gasteiger partial charge on any atom is -0.493 e. The molecular formula is C16H20N2O2S. The Labute approximate surface area is 129 Å². The molecule has 0 saturated heterocycles. The standard InChI is InChI=1S/C16H20N2O2S/c1-3-5-6-11-7-8-14(20-4-2)12(9-11)13-10-21-16(18-13)15(17)19/h7-10H,3-6H2,1-2H3,(H2,17,19). The zero-order valence-electron chi connectivity index (χ0n) is 12.4. The maximum Gasteiger partial charge on any atom is 0.277 e. The summed E-state index contributed by atoms with van der Waals surface area (Å²) in [6, 6.07) is 6.17. The predicted octanol–water partition coefficient (Wildman–Crippen LogP) is 3.65. The lowest BCUT2D eigenvalue weighted by Crippen LogP contribution is -2.10. The second-order valence-electron chi connectivity index (χ2n) is 4.77. The molecule has 1 aromatic carbocycles. The van der Waals surface area contributed by atoms with Crippen LogP contribution in [0.2, 0.25) is 0 Å². The number of benzene rings is 1. The molecule has 2 rings (SSSR count). The molecule has 0 fully saturated rings. The maximum atomic E-state index is 11.2. The van der Waals surface area contributed by atoms with Crippen LogP contribution in [-0.4, -0.2) is 17.5 Å². The first-order valence-corrected chi connectivity index (χ1v) is 8.05. The Kier molecular flexibility index (Phi) is 5.33. The normalized spacial score (nSPS) is 10.6. The molecule has 0 bridgehead atoms. The van der Waals surface area contributed by atoms with E-state index in [4.69, 9.17) is 10.5 Å². The highest BCUT2D eigenvalue weighted by molar-refractivity contribution is 7.12. The van der Waals surface area contributed by atoms with Crippen LogP contribution in [-0.2, 0) is 6.42 Å². The van der Waals surface area contributed by atoms with E-state index in [1.54, 1.807) is 0 Å². The summed E-state index contributed by atoms with van der Waals surface area (Å²) in [7, 11) is 0. The second-order valence-corrected chi connectivity index (χ2v) is 5.63. The maximum absolute atomic E-state index is 11.2. The van der Waals surface area contributed by atoms with Crippen molar-refractivity contribution in [3.8, 4) is 17.0 Å². The molecule has 2 N–H and O–H groups in total. The van der Waals surface area contributed by atoms with Gasteiger partial charge in [0.15, 0.2) is 5.01 Å². The summed E-state index contributed by atoms with van der Waals surface area (Å²) >= 11 is 1.26. The van der Waals surface area contributed by atoms with Crippen molar-refractivity contribution in [1.29, 1.82) is 0 Å². The van der Waals surface area contributed by atoms with E-state index in [1.807, 2.05) is 18.4 Å². The second kappa shape index (κ2) is 7.22. The van der Waals surface area contributed by atoms with Crippen LogP contribution in [0.5, 0.6) is 5.75 Å². The highest BCUT2D eigenvalue weighted by atomic mass is 32.1. The van der Waals surface area contributed by atoms with Gasteiger partial charge < -0.3 is 10.5 Å². The first kappa shape index (κ1) is 15.5. The number of carbonyl (C=O) groups is 1. The number of nitrogens with two attached hydrogens (primary N) is 1. The van der Waals surface area contributed by atoms with Gasteiger partial charge in [-0.2, -0.15) is 0 Å². The molecule has 1 aromatic heterocycles. The average Bonchev–Trinajstić information content (AvgIpc) is 2.96. The molecule has 21 heavy (non-hydrogen) atoms. The molecule has 5 heteroatoms. The number of carbonyl (C=O) groups excluding carboxylic acids is 1. The van der Waals surface area contributed by atoms with Crippen LogP contribution in [0, 0.1) is 0 Å². The van der Waals surface area contributed by atoms with Crippen LogP contribution in [0.25, 0.3) is 11.3 Å². The molecule has 0 aliphatic carbocycles. The Balaban J connectivity index is 2.38. The van der Waals surface area contributed by atoms with Crippen LogP contribution in [0.4, 0.5) is 0 Å². The van der Waals surface area contributed by atoms with E-state index in [-0.39, 0.29) is 0 Å². The van der Waals surface area contributed by atoms with E-state index in [1.165, 1.54) is 16.9 Å². The van der Waals surface area contributed by atoms with Crippen LogP contribution < -0.4 is 10.5 Å². The number of rotatable bonds is 7. The number of thiazole rings is 1. The van der Waals surface area contributed by atoms with Gasteiger partial charge in [0.05, 0.1) is 12.3 Å². The number of unbranched alkanes of at least 4 members (excludes halogenated alkanes) is 1. The third-order valence-corrected chi connectivity index (χ3v) is 4.01. The average molecular weight is 304 g/mol. The van der Waals surface area contributed by atoms with Gasteiger partial charge in [-0.15, -0.1) is 11.3 Å². The van der Waals surface area contributed by atoms with Gasteiger partial charge in [0.2, 0.25) is 0 Å². The number of aryl methyl sites for hydroxylation is 1. The van der Waals surface area contributed by atoms with Gasteiger partial charge in [0.25, 0.3) is 5.91 Å². The van der Waals surface area contributed by atoms with E-state index in [2.05, 4.69) is 24.0 Å². The summed E-state index contributed by atoms with van der Waals surface area (Å²) in [5.41, 5.74) is 8.20. The molecule has 2 aromatic rings. The van der Waals surface area contributed by atoms with E-state index >= 15 is 0 Å². The molecular weight excluding hydrogens is 284 g/mol. The van der Waals surface area contributed by atoms with E-state index < -0.39 is 5.91 Å². The summed E-state index contributed by atoms with van der Waals surface area (Å²) < 4.78 is 5.67. The lowest BCUT2D eigenvalue weighted by atomic mass is 10.0. The molecule has 4 nitrogen and oxygen atoms in total. The van der Waals surface area contributed by atoms with Crippen molar-refractivity contribution in [2.24, 2.45) is 5.73 Å². The Bertz CT molecular complexity index is 622. The topological polar surface area (TPSA) is 65.2 Å².